The topological polar surface area (TPSA) is 75.0 Å². The highest BCUT2D eigenvalue weighted by atomic mass is 16.6. The van der Waals surface area contributed by atoms with Crippen molar-refractivity contribution in [2.75, 3.05) is 26.4 Å². The molecule has 136 valence electrons. The molecule has 0 atom stereocenters. The molecule has 0 spiro atoms. The molecule has 6 heteroatoms. The molecule has 0 aliphatic rings. The predicted molar refractivity (Wildman–Crippen MR) is 95.9 cm³/mol. The second-order valence-corrected chi connectivity index (χ2v) is 5.00. The summed E-state index contributed by atoms with van der Waals surface area (Å²) in [6.07, 6.45) is 0. The molecule has 0 saturated heterocycles. The lowest BCUT2D eigenvalue weighted by Gasteiger charge is -2.07. The van der Waals surface area contributed by atoms with E-state index in [1.165, 1.54) is 6.07 Å². The van der Waals surface area contributed by atoms with Gasteiger partial charge in [-0.15, -0.1) is 0 Å². The number of hydrogen-bond acceptors (Lipinski definition) is 6. The Balaban J connectivity index is 0.000000550. The maximum absolute atomic E-state index is 11.1. The zero-order valence-corrected chi connectivity index (χ0v) is 14.9. The fourth-order valence-corrected chi connectivity index (χ4v) is 1.75. The smallest absolute Gasteiger partial charge is 0.336 e. The fourth-order valence-electron chi connectivity index (χ4n) is 1.75. The molecule has 0 aliphatic carbocycles. The van der Waals surface area contributed by atoms with Crippen LogP contribution in [-0.2, 0) is 14.3 Å². The van der Waals surface area contributed by atoms with Crippen LogP contribution in [0.5, 0.6) is 5.75 Å². The maximum atomic E-state index is 11.1. The first-order valence-corrected chi connectivity index (χ1v) is 8.05. The lowest BCUT2D eigenvalue weighted by atomic mass is 10.2. The van der Waals surface area contributed by atoms with E-state index >= 15 is 0 Å². The van der Waals surface area contributed by atoms with E-state index < -0.39 is 11.6 Å². The Kier molecular flexibility index (Phi) is 9.03. The Labute approximate surface area is 147 Å². The highest BCUT2D eigenvalue weighted by Crippen LogP contribution is 2.19. The first kappa shape index (κ1) is 20.4. The Morgan fingerprint density at radius 1 is 1.12 bits per heavy atom. The molecule has 0 N–H and O–H groups in total. The summed E-state index contributed by atoms with van der Waals surface area (Å²) in [5.74, 6) is 0.0938. The van der Waals surface area contributed by atoms with E-state index in [1.807, 2.05) is 13.8 Å². The van der Waals surface area contributed by atoms with Crippen molar-refractivity contribution in [3.63, 3.8) is 0 Å². The molecule has 0 aliphatic heterocycles. The van der Waals surface area contributed by atoms with Gasteiger partial charge in [-0.3, -0.25) is 0 Å². The third kappa shape index (κ3) is 7.67. The average molecular weight is 348 g/mol. The predicted octanol–water partition coefficient (Wildman–Crippen LogP) is 3.33. The lowest BCUT2D eigenvalue weighted by molar-refractivity contribution is -0.139. The number of carbonyl (C=O) groups excluding carboxylic acids is 1. The van der Waals surface area contributed by atoms with Gasteiger partial charge in [0.1, 0.15) is 24.5 Å². The first-order valence-electron chi connectivity index (χ1n) is 8.05. The minimum absolute atomic E-state index is 0.127. The summed E-state index contributed by atoms with van der Waals surface area (Å²) in [7, 11) is 0. The lowest BCUT2D eigenvalue weighted by Crippen LogP contribution is -2.12. The zero-order chi connectivity index (χ0) is 18.7. The van der Waals surface area contributed by atoms with Gasteiger partial charge >= 0.3 is 11.6 Å². The van der Waals surface area contributed by atoms with Crippen LogP contribution < -0.4 is 10.4 Å². The van der Waals surface area contributed by atoms with Crippen LogP contribution in [-0.4, -0.2) is 32.4 Å². The van der Waals surface area contributed by atoms with Crippen molar-refractivity contribution < 1.29 is 23.4 Å². The number of esters is 1. The van der Waals surface area contributed by atoms with E-state index in [9.17, 15) is 9.59 Å². The minimum Gasteiger partial charge on any atom is -0.490 e. The second-order valence-electron chi connectivity index (χ2n) is 5.00. The van der Waals surface area contributed by atoms with Crippen LogP contribution >= 0.6 is 0 Å². The molecule has 25 heavy (non-hydrogen) atoms. The van der Waals surface area contributed by atoms with E-state index in [0.717, 1.165) is 18.6 Å². The third-order valence-corrected chi connectivity index (χ3v) is 2.94. The molecule has 0 unspecified atom stereocenters. The van der Waals surface area contributed by atoms with Gasteiger partial charge in [-0.25, -0.2) is 9.59 Å². The van der Waals surface area contributed by atoms with Gasteiger partial charge in [-0.2, -0.15) is 0 Å². The highest BCUT2D eigenvalue weighted by molar-refractivity contribution is 5.86. The summed E-state index contributed by atoms with van der Waals surface area (Å²) in [5, 5.41) is 0.811. The van der Waals surface area contributed by atoms with Crippen LogP contribution in [0.1, 0.15) is 20.8 Å². The van der Waals surface area contributed by atoms with Gasteiger partial charge in [0.05, 0.1) is 0 Å². The van der Waals surface area contributed by atoms with Gasteiger partial charge < -0.3 is 18.6 Å². The monoisotopic (exact) mass is 348 g/mol. The van der Waals surface area contributed by atoms with Crippen LogP contribution in [0.2, 0.25) is 0 Å². The number of ether oxygens (including phenoxy) is 3. The summed E-state index contributed by atoms with van der Waals surface area (Å²) >= 11 is 0. The maximum Gasteiger partial charge on any atom is 0.336 e. The van der Waals surface area contributed by atoms with Crippen molar-refractivity contribution in [1.82, 2.24) is 0 Å². The number of benzene rings is 1. The Morgan fingerprint density at radius 3 is 2.40 bits per heavy atom. The molecule has 0 saturated carbocycles. The van der Waals surface area contributed by atoms with E-state index in [-0.39, 0.29) is 13.2 Å². The summed E-state index contributed by atoms with van der Waals surface area (Å²) < 4.78 is 20.2. The molecule has 1 heterocycles. The Morgan fingerprint density at radius 2 is 1.80 bits per heavy atom. The molecule has 0 bridgehead atoms. The van der Waals surface area contributed by atoms with Crippen LogP contribution in [0.4, 0.5) is 0 Å². The van der Waals surface area contributed by atoms with Gasteiger partial charge in [0.15, 0.2) is 0 Å². The Bertz CT molecular complexity index is 745. The third-order valence-electron chi connectivity index (χ3n) is 2.94. The van der Waals surface area contributed by atoms with E-state index in [0.29, 0.717) is 16.9 Å². The van der Waals surface area contributed by atoms with Crippen LogP contribution in [0.3, 0.4) is 0 Å². The molecular weight excluding hydrogens is 324 g/mol. The quantitative estimate of drug-likeness (QED) is 0.331. The zero-order valence-electron chi connectivity index (χ0n) is 14.9. The summed E-state index contributed by atoms with van der Waals surface area (Å²) in [6.45, 7) is 11.1. The standard InChI is InChI=1S/C15H14O5.C4H10O/c1-10(2)15(17)19-8-7-18-12-5-3-11-4-6-14(16)20-13(11)9-12;1-3-5-4-2/h3-6,9H,1,7-8H2,2H3;3-4H2,1-2H3. The van der Waals surface area contributed by atoms with Gasteiger partial charge in [0, 0.05) is 36.3 Å². The van der Waals surface area contributed by atoms with Gasteiger partial charge in [0.25, 0.3) is 0 Å². The molecule has 0 amide bonds. The largest absolute Gasteiger partial charge is 0.490 e. The Hall–Kier alpha value is -2.60. The molecule has 1 aromatic heterocycles. The van der Waals surface area contributed by atoms with Crippen LogP contribution in [0, 0.1) is 0 Å². The number of fused-ring (bicyclic) bond motifs is 1. The average Bonchev–Trinajstić information content (AvgIpc) is 2.59. The van der Waals surface area contributed by atoms with Crippen molar-refractivity contribution in [2.24, 2.45) is 0 Å². The first-order chi connectivity index (χ1) is 12.0. The van der Waals surface area contributed by atoms with Crippen molar-refractivity contribution in [3.05, 3.63) is 52.9 Å². The van der Waals surface area contributed by atoms with Crippen molar-refractivity contribution >= 4 is 16.9 Å². The summed E-state index contributed by atoms with van der Waals surface area (Å²) in [4.78, 5) is 22.3. The van der Waals surface area contributed by atoms with E-state index in [2.05, 4.69) is 6.58 Å². The van der Waals surface area contributed by atoms with Crippen molar-refractivity contribution in [3.8, 4) is 5.75 Å². The molecule has 2 rings (SSSR count). The van der Waals surface area contributed by atoms with Crippen LogP contribution in [0.15, 0.2) is 51.7 Å². The highest BCUT2D eigenvalue weighted by Gasteiger charge is 2.03. The van der Waals surface area contributed by atoms with E-state index in [4.69, 9.17) is 18.6 Å². The van der Waals surface area contributed by atoms with Crippen molar-refractivity contribution in [1.29, 1.82) is 0 Å². The SMILES string of the molecule is C=C(C)C(=O)OCCOc1ccc2ccc(=O)oc2c1.CCOCC. The van der Waals surface area contributed by atoms with Gasteiger partial charge in [-0.1, -0.05) is 6.58 Å². The normalized spacial score (nSPS) is 9.88. The number of carbonyl (C=O) groups is 1. The second kappa shape index (κ2) is 11.0. The van der Waals surface area contributed by atoms with Gasteiger partial charge in [-0.05, 0) is 39.0 Å². The molecule has 0 fully saturated rings. The minimum atomic E-state index is -0.446. The molecule has 1 aromatic carbocycles. The number of hydrogen-bond donors (Lipinski definition) is 0. The van der Waals surface area contributed by atoms with Crippen molar-refractivity contribution in [2.45, 2.75) is 20.8 Å². The fraction of sp³-hybridized carbons (Fsp3) is 0.368. The van der Waals surface area contributed by atoms with Gasteiger partial charge in [0.2, 0.25) is 0 Å². The molecule has 0 radical (unpaired) electrons. The molecular formula is C19H24O6. The molecule has 2 aromatic rings. The molecule has 6 nitrogen and oxygen atoms in total. The van der Waals surface area contributed by atoms with Crippen LogP contribution in [0.25, 0.3) is 11.0 Å². The summed E-state index contributed by atoms with van der Waals surface area (Å²) in [6, 6.07) is 8.20. The summed E-state index contributed by atoms with van der Waals surface area (Å²) in [5.41, 5.74) is 0.386. The van der Waals surface area contributed by atoms with E-state index in [1.54, 1.807) is 31.2 Å². The number of rotatable bonds is 7.